The number of thiophene rings is 1. The van der Waals surface area contributed by atoms with E-state index < -0.39 is 0 Å². The largest absolute Gasteiger partial charge is 0.339 e. The van der Waals surface area contributed by atoms with E-state index in [1.54, 1.807) is 11.3 Å². The van der Waals surface area contributed by atoms with E-state index in [0.717, 1.165) is 24.3 Å². The molecule has 0 aliphatic carbocycles. The maximum Gasteiger partial charge on any atom is 0.227 e. The molecule has 24 heavy (non-hydrogen) atoms. The molecule has 2 unspecified atom stereocenters. The lowest BCUT2D eigenvalue weighted by Gasteiger charge is -2.21. The van der Waals surface area contributed by atoms with Crippen molar-refractivity contribution >= 4 is 11.3 Å². The molecule has 0 radical (unpaired) electrons. The van der Waals surface area contributed by atoms with Crippen molar-refractivity contribution in [1.29, 1.82) is 0 Å². The normalized spacial score (nSPS) is 14.0. The smallest absolute Gasteiger partial charge is 0.227 e. The highest BCUT2D eigenvalue weighted by Gasteiger charge is 2.14. The van der Waals surface area contributed by atoms with Gasteiger partial charge in [0.1, 0.15) is 0 Å². The van der Waals surface area contributed by atoms with E-state index in [4.69, 9.17) is 4.52 Å². The van der Waals surface area contributed by atoms with Crippen molar-refractivity contribution in [3.05, 3.63) is 41.4 Å². The maximum absolute atomic E-state index is 5.32. The molecule has 7 heteroatoms. The highest BCUT2D eigenvalue weighted by atomic mass is 32.1. The molecule has 3 heterocycles. The molecule has 0 amide bonds. The molecule has 0 spiro atoms. The van der Waals surface area contributed by atoms with Gasteiger partial charge in [0.2, 0.25) is 11.7 Å². The topological polar surface area (TPSA) is 68.8 Å². The number of aryl methyl sites for hydroxylation is 2. The summed E-state index contributed by atoms with van der Waals surface area (Å²) in [7, 11) is 0. The molecule has 0 bridgehead atoms. The molecule has 1 N–H and O–H groups in total. The lowest BCUT2D eigenvalue weighted by Crippen LogP contribution is -2.34. The van der Waals surface area contributed by atoms with Gasteiger partial charge in [-0.3, -0.25) is 4.68 Å². The van der Waals surface area contributed by atoms with Crippen molar-refractivity contribution in [3.8, 4) is 10.7 Å². The van der Waals surface area contributed by atoms with Crippen LogP contribution in [0.5, 0.6) is 0 Å². The third kappa shape index (κ3) is 4.10. The molecule has 0 saturated heterocycles. The molecule has 0 aliphatic rings. The average Bonchev–Trinajstić information content (AvgIpc) is 3.31. The maximum atomic E-state index is 5.32. The SMILES string of the molecule is Cc1cnn(C(C)C(C)NCCCc2nc(-c3cccs3)no2)c1. The van der Waals surface area contributed by atoms with Crippen LogP contribution in [-0.2, 0) is 6.42 Å². The minimum absolute atomic E-state index is 0.313. The molecule has 6 nitrogen and oxygen atoms in total. The number of nitrogens with one attached hydrogen (secondary N) is 1. The summed E-state index contributed by atoms with van der Waals surface area (Å²) in [6, 6.07) is 4.64. The van der Waals surface area contributed by atoms with Crippen LogP contribution in [0.1, 0.15) is 37.8 Å². The second kappa shape index (κ2) is 7.72. The monoisotopic (exact) mass is 345 g/mol. The Balaban J connectivity index is 1.42. The molecule has 3 rings (SSSR count). The Bertz CT molecular complexity index is 749. The van der Waals surface area contributed by atoms with Crippen LogP contribution >= 0.6 is 11.3 Å². The first-order valence-corrected chi connectivity index (χ1v) is 9.12. The van der Waals surface area contributed by atoms with E-state index in [2.05, 4.69) is 47.5 Å². The van der Waals surface area contributed by atoms with E-state index in [1.807, 2.05) is 28.4 Å². The third-order valence-corrected chi connectivity index (χ3v) is 4.98. The van der Waals surface area contributed by atoms with Crippen molar-refractivity contribution in [2.24, 2.45) is 0 Å². The van der Waals surface area contributed by atoms with E-state index in [1.165, 1.54) is 5.56 Å². The first kappa shape index (κ1) is 16.9. The van der Waals surface area contributed by atoms with E-state index in [-0.39, 0.29) is 0 Å². The van der Waals surface area contributed by atoms with Crippen LogP contribution in [-0.4, -0.2) is 32.5 Å². The summed E-state index contributed by atoms with van der Waals surface area (Å²) < 4.78 is 7.33. The van der Waals surface area contributed by atoms with Gasteiger partial charge in [0.25, 0.3) is 0 Å². The van der Waals surface area contributed by atoms with E-state index >= 15 is 0 Å². The predicted molar refractivity (Wildman–Crippen MR) is 95.1 cm³/mol. The van der Waals surface area contributed by atoms with E-state index in [9.17, 15) is 0 Å². The van der Waals surface area contributed by atoms with Gasteiger partial charge in [0.05, 0.1) is 17.1 Å². The molecule has 0 fully saturated rings. The van der Waals surface area contributed by atoms with Crippen LogP contribution in [0.4, 0.5) is 0 Å². The van der Waals surface area contributed by atoms with Crippen molar-refractivity contribution in [3.63, 3.8) is 0 Å². The van der Waals surface area contributed by atoms with Crippen molar-refractivity contribution in [2.75, 3.05) is 6.54 Å². The molecule has 0 aromatic carbocycles. The van der Waals surface area contributed by atoms with Crippen molar-refractivity contribution < 1.29 is 4.52 Å². The molecular weight excluding hydrogens is 322 g/mol. The molecule has 3 aromatic heterocycles. The fraction of sp³-hybridized carbons (Fsp3) is 0.471. The van der Waals surface area contributed by atoms with Crippen LogP contribution in [0.2, 0.25) is 0 Å². The first-order valence-electron chi connectivity index (χ1n) is 8.24. The number of hydrogen-bond acceptors (Lipinski definition) is 6. The summed E-state index contributed by atoms with van der Waals surface area (Å²) >= 11 is 1.62. The summed E-state index contributed by atoms with van der Waals surface area (Å²) in [5, 5.41) is 14.0. The van der Waals surface area contributed by atoms with Gasteiger partial charge in [-0.1, -0.05) is 11.2 Å². The summed E-state index contributed by atoms with van der Waals surface area (Å²) in [6.45, 7) is 7.32. The Hall–Kier alpha value is -1.99. The molecule has 3 aromatic rings. The van der Waals surface area contributed by atoms with Crippen LogP contribution in [0.3, 0.4) is 0 Å². The zero-order valence-corrected chi connectivity index (χ0v) is 15.1. The number of nitrogens with zero attached hydrogens (tertiary/aromatic N) is 4. The zero-order chi connectivity index (χ0) is 16.9. The van der Waals surface area contributed by atoms with Gasteiger partial charge >= 0.3 is 0 Å². The molecule has 0 aliphatic heterocycles. The Labute approximate surface area is 145 Å². The molecule has 2 atom stereocenters. The van der Waals surface area contributed by atoms with Gasteiger partial charge in [-0.15, -0.1) is 11.3 Å². The van der Waals surface area contributed by atoms with Gasteiger partial charge in [-0.05, 0) is 50.7 Å². The minimum Gasteiger partial charge on any atom is -0.339 e. The Morgan fingerprint density at radius 2 is 2.25 bits per heavy atom. The average molecular weight is 345 g/mol. The second-order valence-corrected chi connectivity index (χ2v) is 7.02. The van der Waals surface area contributed by atoms with E-state index in [0.29, 0.717) is 23.8 Å². The fourth-order valence-corrected chi connectivity index (χ4v) is 3.14. The highest BCUT2D eigenvalue weighted by molar-refractivity contribution is 7.13. The molecular formula is C17H23N5OS. The fourth-order valence-electron chi connectivity index (χ4n) is 2.49. The van der Waals surface area contributed by atoms with Crippen LogP contribution in [0.25, 0.3) is 10.7 Å². The van der Waals surface area contributed by atoms with Crippen LogP contribution in [0.15, 0.2) is 34.4 Å². The van der Waals surface area contributed by atoms with Crippen LogP contribution in [0, 0.1) is 6.92 Å². The summed E-state index contributed by atoms with van der Waals surface area (Å²) in [4.78, 5) is 5.49. The van der Waals surface area contributed by atoms with Gasteiger partial charge in [0, 0.05) is 18.7 Å². The predicted octanol–water partition coefficient (Wildman–Crippen LogP) is 3.47. The molecule has 128 valence electrons. The lowest BCUT2D eigenvalue weighted by atomic mass is 10.1. The second-order valence-electron chi connectivity index (χ2n) is 6.07. The van der Waals surface area contributed by atoms with Gasteiger partial charge in [0.15, 0.2) is 0 Å². The minimum atomic E-state index is 0.313. The Morgan fingerprint density at radius 1 is 1.38 bits per heavy atom. The van der Waals surface area contributed by atoms with Crippen molar-refractivity contribution in [1.82, 2.24) is 25.2 Å². The summed E-state index contributed by atoms with van der Waals surface area (Å²) in [5.74, 6) is 1.38. The summed E-state index contributed by atoms with van der Waals surface area (Å²) in [5.41, 5.74) is 1.19. The van der Waals surface area contributed by atoms with Gasteiger partial charge < -0.3 is 9.84 Å². The number of aromatic nitrogens is 4. The van der Waals surface area contributed by atoms with Gasteiger partial charge in [-0.25, -0.2) is 0 Å². The number of hydrogen-bond donors (Lipinski definition) is 1. The van der Waals surface area contributed by atoms with Crippen LogP contribution < -0.4 is 5.32 Å². The third-order valence-electron chi connectivity index (χ3n) is 4.11. The zero-order valence-electron chi connectivity index (χ0n) is 14.3. The summed E-state index contributed by atoms with van der Waals surface area (Å²) in [6.07, 6.45) is 5.71. The van der Waals surface area contributed by atoms with Gasteiger partial charge in [-0.2, -0.15) is 10.1 Å². The standard InChI is InChI=1S/C17H23N5OS/c1-12-10-19-22(11-12)14(3)13(2)18-8-4-7-16-20-17(21-23-16)15-6-5-9-24-15/h5-6,9-11,13-14,18H,4,7-8H2,1-3H3. The Kier molecular flexibility index (Phi) is 5.42. The highest BCUT2D eigenvalue weighted by Crippen LogP contribution is 2.21. The lowest BCUT2D eigenvalue weighted by molar-refractivity contribution is 0.353. The number of rotatable bonds is 8. The van der Waals surface area contributed by atoms with Crippen molar-refractivity contribution in [2.45, 2.75) is 45.7 Å². The first-order chi connectivity index (χ1) is 11.6. The Morgan fingerprint density at radius 3 is 2.96 bits per heavy atom. The quantitative estimate of drug-likeness (QED) is 0.633. The molecule has 0 saturated carbocycles.